The van der Waals surface area contributed by atoms with E-state index in [0.29, 0.717) is 18.0 Å². The number of hydrogen-bond donors (Lipinski definition) is 1. The summed E-state index contributed by atoms with van der Waals surface area (Å²) in [6.45, 7) is 4.42. The number of nitrogens with zero attached hydrogens (tertiary/aromatic N) is 3. The van der Waals surface area contributed by atoms with Gasteiger partial charge in [-0.1, -0.05) is 12.1 Å². The normalized spacial score (nSPS) is 16.7. The number of aromatic hydroxyl groups is 1. The fourth-order valence-corrected chi connectivity index (χ4v) is 4.37. The number of ether oxygens (including phenoxy) is 2. The summed E-state index contributed by atoms with van der Waals surface area (Å²) in [4.78, 5) is 11.6. The second-order valence-electron chi connectivity index (χ2n) is 8.15. The van der Waals surface area contributed by atoms with Gasteiger partial charge in [-0.25, -0.2) is 14.4 Å². The number of hydrogen-bond acceptors (Lipinski definition) is 6. The third-order valence-electron chi connectivity index (χ3n) is 5.93. The zero-order valence-electron chi connectivity index (χ0n) is 18.6. The van der Waals surface area contributed by atoms with E-state index < -0.39 is 0 Å². The van der Waals surface area contributed by atoms with Gasteiger partial charge in [0.05, 0.1) is 19.9 Å². The summed E-state index contributed by atoms with van der Waals surface area (Å²) in [6, 6.07) is 10.2. The van der Waals surface area contributed by atoms with Crippen molar-refractivity contribution >= 4 is 0 Å². The topological polar surface area (TPSA) is 67.7 Å². The number of aryl methyl sites for hydroxylation is 1. The van der Waals surface area contributed by atoms with Crippen LogP contribution in [0.5, 0.6) is 17.2 Å². The van der Waals surface area contributed by atoms with Crippen molar-refractivity contribution in [3.8, 4) is 28.4 Å². The first-order valence-corrected chi connectivity index (χ1v) is 10.7. The van der Waals surface area contributed by atoms with Crippen molar-refractivity contribution in [3.63, 3.8) is 0 Å². The standard InChI is InChI=1S/C25H28FN3O3/c1-16-27-13-21(18-6-8-20(26)9-7-18)24(28-16)19-5-4-10-29(15-19)14-17-11-22(31-2)25(30)23(12-17)32-3/h6-9,11-13,19,30H,4-5,10,14-15H2,1-3H3. The van der Waals surface area contributed by atoms with E-state index in [0.717, 1.165) is 54.1 Å². The Kier molecular flexibility index (Phi) is 6.55. The Hall–Kier alpha value is -3.19. The number of phenolic OH excluding ortho intramolecular Hbond substituents is 1. The molecule has 0 spiro atoms. The van der Waals surface area contributed by atoms with Crippen molar-refractivity contribution in [2.75, 3.05) is 27.3 Å². The summed E-state index contributed by atoms with van der Waals surface area (Å²) in [5.41, 5.74) is 3.89. The maximum Gasteiger partial charge on any atom is 0.200 e. The minimum Gasteiger partial charge on any atom is -0.502 e. The summed E-state index contributed by atoms with van der Waals surface area (Å²) < 4.78 is 24.0. The zero-order chi connectivity index (χ0) is 22.7. The number of rotatable bonds is 6. The second kappa shape index (κ2) is 9.53. The van der Waals surface area contributed by atoms with Crippen molar-refractivity contribution in [3.05, 3.63) is 65.5 Å². The lowest BCUT2D eigenvalue weighted by molar-refractivity contribution is 0.198. The highest BCUT2D eigenvalue weighted by atomic mass is 19.1. The van der Waals surface area contributed by atoms with Crippen molar-refractivity contribution in [2.24, 2.45) is 0 Å². The van der Waals surface area contributed by atoms with Gasteiger partial charge < -0.3 is 14.6 Å². The highest BCUT2D eigenvalue weighted by Gasteiger charge is 2.26. The molecule has 0 amide bonds. The van der Waals surface area contributed by atoms with Gasteiger partial charge in [-0.15, -0.1) is 0 Å². The van der Waals surface area contributed by atoms with Gasteiger partial charge in [-0.2, -0.15) is 0 Å². The van der Waals surface area contributed by atoms with Crippen LogP contribution in [0.2, 0.25) is 0 Å². The molecule has 168 valence electrons. The van der Waals surface area contributed by atoms with Crippen LogP contribution in [0.4, 0.5) is 4.39 Å². The lowest BCUT2D eigenvalue weighted by atomic mass is 9.89. The van der Waals surface area contributed by atoms with E-state index in [1.807, 2.05) is 25.3 Å². The molecule has 6 nitrogen and oxygen atoms in total. The largest absolute Gasteiger partial charge is 0.502 e. The van der Waals surface area contributed by atoms with Gasteiger partial charge >= 0.3 is 0 Å². The summed E-state index contributed by atoms with van der Waals surface area (Å²) >= 11 is 0. The molecule has 1 N–H and O–H groups in total. The Balaban J connectivity index is 1.59. The Bertz CT molecular complexity index is 1060. The van der Waals surface area contributed by atoms with Gasteiger partial charge in [0.15, 0.2) is 11.5 Å². The Morgan fingerprint density at radius 2 is 1.81 bits per heavy atom. The zero-order valence-corrected chi connectivity index (χ0v) is 18.6. The van der Waals surface area contributed by atoms with E-state index in [1.54, 1.807) is 12.1 Å². The number of aromatic nitrogens is 2. The molecule has 1 saturated heterocycles. The minimum atomic E-state index is -0.257. The van der Waals surface area contributed by atoms with Crippen LogP contribution in [0.15, 0.2) is 42.6 Å². The van der Waals surface area contributed by atoms with Gasteiger partial charge in [-0.3, -0.25) is 4.90 Å². The third kappa shape index (κ3) is 4.67. The van der Waals surface area contributed by atoms with E-state index in [-0.39, 0.29) is 17.5 Å². The fourth-order valence-electron chi connectivity index (χ4n) is 4.37. The van der Waals surface area contributed by atoms with E-state index >= 15 is 0 Å². The molecule has 3 aromatic rings. The van der Waals surface area contributed by atoms with Gasteiger partial charge in [0.25, 0.3) is 0 Å². The summed E-state index contributed by atoms with van der Waals surface area (Å²) in [6.07, 6.45) is 3.92. The molecule has 0 aliphatic carbocycles. The molecular weight excluding hydrogens is 409 g/mol. The van der Waals surface area contributed by atoms with Gasteiger partial charge in [0.1, 0.15) is 11.6 Å². The molecule has 1 atom stereocenters. The Labute approximate surface area is 187 Å². The molecule has 0 radical (unpaired) electrons. The summed E-state index contributed by atoms with van der Waals surface area (Å²) in [7, 11) is 3.06. The highest BCUT2D eigenvalue weighted by Crippen LogP contribution is 2.38. The van der Waals surface area contributed by atoms with Crippen molar-refractivity contribution in [1.82, 2.24) is 14.9 Å². The van der Waals surface area contributed by atoms with Crippen LogP contribution in [0.1, 0.15) is 35.8 Å². The van der Waals surface area contributed by atoms with Crippen LogP contribution < -0.4 is 9.47 Å². The van der Waals surface area contributed by atoms with E-state index in [9.17, 15) is 9.50 Å². The molecule has 1 unspecified atom stereocenters. The maximum absolute atomic E-state index is 13.4. The number of methoxy groups -OCH3 is 2. The molecule has 2 aromatic carbocycles. The summed E-state index contributed by atoms with van der Waals surface area (Å²) in [5.74, 6) is 1.53. The lowest BCUT2D eigenvalue weighted by Gasteiger charge is -2.33. The van der Waals surface area contributed by atoms with Gasteiger partial charge in [0, 0.05) is 30.8 Å². The van der Waals surface area contributed by atoms with Crippen LogP contribution >= 0.6 is 0 Å². The molecule has 1 aromatic heterocycles. The smallest absolute Gasteiger partial charge is 0.200 e. The number of likely N-dealkylation sites (tertiary alicyclic amines) is 1. The van der Waals surface area contributed by atoms with Gasteiger partial charge in [0.2, 0.25) is 5.75 Å². The average Bonchev–Trinajstić information content (AvgIpc) is 2.81. The number of halogens is 1. The van der Waals surface area contributed by atoms with Gasteiger partial charge in [-0.05, 0) is 61.7 Å². The van der Waals surface area contributed by atoms with Crippen molar-refractivity contribution < 1.29 is 19.0 Å². The molecule has 4 rings (SSSR count). The van der Waals surface area contributed by atoms with E-state index in [4.69, 9.17) is 14.5 Å². The summed E-state index contributed by atoms with van der Waals surface area (Å²) in [5, 5.41) is 10.2. The Morgan fingerprint density at radius 1 is 1.12 bits per heavy atom. The minimum absolute atomic E-state index is 0.00988. The predicted octanol–water partition coefficient (Wildman–Crippen LogP) is 4.69. The molecule has 1 fully saturated rings. The molecule has 0 saturated carbocycles. The molecule has 0 bridgehead atoms. The number of piperidine rings is 1. The Morgan fingerprint density at radius 3 is 2.47 bits per heavy atom. The van der Waals surface area contributed by atoms with Crippen molar-refractivity contribution in [2.45, 2.75) is 32.2 Å². The number of phenols is 1. The fraction of sp³-hybridized carbons (Fsp3) is 0.360. The third-order valence-corrected chi connectivity index (χ3v) is 5.93. The van der Waals surface area contributed by atoms with Crippen LogP contribution in [0, 0.1) is 12.7 Å². The lowest BCUT2D eigenvalue weighted by Crippen LogP contribution is -2.34. The van der Waals surface area contributed by atoms with E-state index in [1.165, 1.54) is 26.4 Å². The van der Waals surface area contributed by atoms with Crippen LogP contribution in [0.25, 0.3) is 11.1 Å². The number of benzene rings is 2. The molecule has 1 aliphatic rings. The quantitative estimate of drug-likeness (QED) is 0.603. The average molecular weight is 438 g/mol. The second-order valence-corrected chi connectivity index (χ2v) is 8.15. The molecular formula is C25H28FN3O3. The predicted molar refractivity (Wildman–Crippen MR) is 121 cm³/mol. The molecule has 32 heavy (non-hydrogen) atoms. The van der Waals surface area contributed by atoms with Crippen LogP contribution in [-0.2, 0) is 6.54 Å². The highest BCUT2D eigenvalue weighted by molar-refractivity contribution is 5.65. The van der Waals surface area contributed by atoms with Crippen LogP contribution in [0.3, 0.4) is 0 Å². The molecule has 7 heteroatoms. The van der Waals surface area contributed by atoms with Crippen molar-refractivity contribution in [1.29, 1.82) is 0 Å². The first-order valence-electron chi connectivity index (χ1n) is 10.7. The maximum atomic E-state index is 13.4. The SMILES string of the molecule is COc1cc(CN2CCCC(c3nc(C)ncc3-c3ccc(F)cc3)C2)cc(OC)c1O. The van der Waals surface area contributed by atoms with E-state index in [2.05, 4.69) is 9.88 Å². The molecule has 2 heterocycles. The monoisotopic (exact) mass is 437 g/mol. The first-order chi connectivity index (χ1) is 15.5. The first kappa shape index (κ1) is 22.0. The molecule has 1 aliphatic heterocycles. The van der Waals surface area contributed by atoms with Crippen LogP contribution in [-0.4, -0.2) is 47.3 Å².